The molecule has 1 heterocycles. The molecule has 23 heavy (non-hydrogen) atoms. The molecule has 0 aromatic carbocycles. The molecule has 1 aliphatic rings. The highest BCUT2D eigenvalue weighted by molar-refractivity contribution is 5.71. The average molecular weight is 327 g/mol. The summed E-state index contributed by atoms with van der Waals surface area (Å²) in [6.07, 6.45) is 10.6. The Bertz CT molecular complexity index is 359. The Hall–Kier alpha value is -0.910. The maximum Gasteiger partial charge on any atom is 0.320 e. The molecule has 134 valence electrons. The van der Waals surface area contributed by atoms with Crippen LogP contribution >= 0.6 is 0 Å². The molecule has 1 aliphatic heterocycles. The zero-order valence-corrected chi connectivity index (χ0v) is 14.8. The first kappa shape index (κ1) is 20.1. The highest BCUT2D eigenvalue weighted by Gasteiger charge is 2.40. The number of hydrogen-bond acceptors (Lipinski definition) is 5. The molecule has 0 amide bonds. The van der Waals surface area contributed by atoms with Crippen LogP contribution in [0.1, 0.15) is 52.4 Å². The highest BCUT2D eigenvalue weighted by Crippen LogP contribution is 2.26. The number of allylic oxidation sites excluding steroid dienone is 1. The lowest BCUT2D eigenvalue weighted by Gasteiger charge is -2.39. The van der Waals surface area contributed by atoms with Gasteiger partial charge in [-0.2, -0.15) is 0 Å². The Kier molecular flexibility index (Phi) is 10.2. The molecule has 0 unspecified atom stereocenters. The molecule has 0 aromatic heterocycles. The molecule has 0 saturated carbocycles. The van der Waals surface area contributed by atoms with Crippen LogP contribution in [-0.2, 0) is 19.0 Å². The first-order valence-corrected chi connectivity index (χ1v) is 8.84. The van der Waals surface area contributed by atoms with Crippen molar-refractivity contribution >= 4 is 5.97 Å². The van der Waals surface area contributed by atoms with Gasteiger partial charge in [-0.3, -0.25) is 4.79 Å². The number of nitrogens with two attached hydrogens (primary N) is 1. The zero-order valence-electron chi connectivity index (χ0n) is 14.8. The van der Waals surface area contributed by atoms with Crippen molar-refractivity contribution < 1.29 is 19.0 Å². The van der Waals surface area contributed by atoms with Gasteiger partial charge in [0.1, 0.15) is 12.2 Å². The molecule has 1 rings (SSSR count). The number of ether oxygens (including phenoxy) is 3. The molecule has 0 radical (unpaired) electrons. The lowest BCUT2D eigenvalue weighted by Crippen LogP contribution is -2.52. The molecular formula is C18H33NO4. The Balaban J connectivity index is 2.53. The Labute approximate surface area is 140 Å². The molecule has 0 spiro atoms. The molecule has 0 aromatic rings. The summed E-state index contributed by atoms with van der Waals surface area (Å²) >= 11 is 0. The summed E-state index contributed by atoms with van der Waals surface area (Å²) in [5.74, 6) is -0.248. The maximum absolute atomic E-state index is 11.6. The lowest BCUT2D eigenvalue weighted by molar-refractivity contribution is -0.189. The van der Waals surface area contributed by atoms with Gasteiger partial charge >= 0.3 is 5.97 Å². The maximum atomic E-state index is 11.6. The van der Waals surface area contributed by atoms with Gasteiger partial charge in [-0.15, -0.1) is 0 Å². The molecule has 0 bridgehead atoms. The summed E-state index contributed by atoms with van der Waals surface area (Å²) in [6, 6.07) is 0. The summed E-state index contributed by atoms with van der Waals surface area (Å²) in [5.41, 5.74) is 5.36. The lowest BCUT2D eigenvalue weighted by atomic mass is 9.93. The Morgan fingerprint density at radius 3 is 2.65 bits per heavy atom. The minimum absolute atomic E-state index is 0.130. The Morgan fingerprint density at radius 2 is 2.00 bits per heavy atom. The normalized spacial score (nSPS) is 28.2. The van der Waals surface area contributed by atoms with Crippen LogP contribution in [-0.4, -0.2) is 44.5 Å². The van der Waals surface area contributed by atoms with Crippen molar-refractivity contribution in [1.29, 1.82) is 0 Å². The third-order valence-electron chi connectivity index (χ3n) is 4.27. The quantitative estimate of drug-likeness (QED) is 0.379. The summed E-state index contributed by atoms with van der Waals surface area (Å²) in [4.78, 5) is 11.6. The van der Waals surface area contributed by atoms with Gasteiger partial charge in [0.15, 0.2) is 6.10 Å². The standard InChI is InChI=1S/C18H33NO4/c1-4-5-6-7-8-9-10-11-15-18(23-16(20)12-19)17(21-3)14(2)13-22-15/h10-11,14-15,17-18H,4-9,12-13,19H2,1-3H3/t14-,15+,17+,18-/m0/s1. The summed E-state index contributed by atoms with van der Waals surface area (Å²) < 4.78 is 16.8. The van der Waals surface area contributed by atoms with Crippen LogP contribution < -0.4 is 5.73 Å². The largest absolute Gasteiger partial charge is 0.455 e. The first-order chi connectivity index (χ1) is 11.1. The van der Waals surface area contributed by atoms with Gasteiger partial charge in [0.05, 0.1) is 13.2 Å². The van der Waals surface area contributed by atoms with Crippen LogP contribution in [0.15, 0.2) is 12.2 Å². The number of methoxy groups -OCH3 is 1. The Morgan fingerprint density at radius 1 is 1.26 bits per heavy atom. The van der Waals surface area contributed by atoms with Crippen molar-refractivity contribution in [3.8, 4) is 0 Å². The SMILES string of the molecule is CCCCCCCC=C[C@H]1OC[C@H](C)[C@@H](OC)[C@H]1OC(=O)CN. The van der Waals surface area contributed by atoms with E-state index in [1.54, 1.807) is 7.11 Å². The van der Waals surface area contributed by atoms with E-state index in [0.29, 0.717) is 6.61 Å². The number of carbonyl (C=O) groups excluding carboxylic acids is 1. The molecule has 2 N–H and O–H groups in total. The van der Waals surface area contributed by atoms with E-state index in [2.05, 4.69) is 13.0 Å². The van der Waals surface area contributed by atoms with Crippen molar-refractivity contribution in [2.24, 2.45) is 11.7 Å². The van der Waals surface area contributed by atoms with Gasteiger partial charge in [0, 0.05) is 13.0 Å². The fourth-order valence-corrected chi connectivity index (χ4v) is 2.92. The molecule has 5 nitrogen and oxygen atoms in total. The number of hydrogen-bond donors (Lipinski definition) is 1. The van der Waals surface area contributed by atoms with Crippen molar-refractivity contribution in [3.05, 3.63) is 12.2 Å². The van der Waals surface area contributed by atoms with Crippen molar-refractivity contribution in [2.45, 2.75) is 70.7 Å². The number of unbranched alkanes of at least 4 members (excludes halogenated alkanes) is 5. The molecule has 5 heteroatoms. The van der Waals surface area contributed by atoms with Crippen molar-refractivity contribution in [2.75, 3.05) is 20.3 Å². The zero-order chi connectivity index (χ0) is 17.1. The van der Waals surface area contributed by atoms with E-state index in [9.17, 15) is 4.79 Å². The second-order valence-corrected chi connectivity index (χ2v) is 6.27. The van der Waals surface area contributed by atoms with Crippen molar-refractivity contribution in [1.82, 2.24) is 0 Å². The fourth-order valence-electron chi connectivity index (χ4n) is 2.92. The molecule has 1 fully saturated rings. The predicted octanol–water partition coefficient (Wildman–Crippen LogP) is 2.82. The van der Waals surface area contributed by atoms with Crippen molar-refractivity contribution in [3.63, 3.8) is 0 Å². The minimum atomic E-state index is -0.434. The van der Waals surface area contributed by atoms with E-state index in [1.807, 2.05) is 13.0 Å². The van der Waals surface area contributed by atoms with E-state index in [1.165, 1.54) is 32.1 Å². The van der Waals surface area contributed by atoms with Gasteiger partial charge < -0.3 is 19.9 Å². The van der Waals surface area contributed by atoms with Gasteiger partial charge in [0.2, 0.25) is 0 Å². The summed E-state index contributed by atoms with van der Waals surface area (Å²) in [7, 11) is 1.64. The van der Waals surface area contributed by atoms with Crippen LogP contribution in [0.2, 0.25) is 0 Å². The molecule has 0 aliphatic carbocycles. The average Bonchev–Trinajstić information content (AvgIpc) is 2.55. The third kappa shape index (κ3) is 7.02. The highest BCUT2D eigenvalue weighted by atomic mass is 16.6. The van der Waals surface area contributed by atoms with E-state index < -0.39 is 12.1 Å². The number of carbonyl (C=O) groups is 1. The van der Waals surface area contributed by atoms with Crippen LogP contribution in [0.5, 0.6) is 0 Å². The smallest absolute Gasteiger partial charge is 0.320 e. The van der Waals surface area contributed by atoms with Crippen LogP contribution in [0.4, 0.5) is 0 Å². The number of esters is 1. The molecule has 1 saturated heterocycles. The predicted molar refractivity (Wildman–Crippen MR) is 91.2 cm³/mol. The fraction of sp³-hybridized carbons (Fsp3) is 0.833. The van der Waals surface area contributed by atoms with E-state index in [0.717, 1.165) is 6.42 Å². The van der Waals surface area contributed by atoms with Gasteiger partial charge in [-0.25, -0.2) is 0 Å². The number of rotatable bonds is 10. The van der Waals surface area contributed by atoms with Crippen LogP contribution in [0, 0.1) is 5.92 Å². The van der Waals surface area contributed by atoms with Gasteiger partial charge in [-0.05, 0) is 12.8 Å². The molecule has 4 atom stereocenters. The van der Waals surface area contributed by atoms with Gasteiger partial charge in [0.25, 0.3) is 0 Å². The minimum Gasteiger partial charge on any atom is -0.455 e. The van der Waals surface area contributed by atoms with Crippen LogP contribution in [0.3, 0.4) is 0 Å². The second-order valence-electron chi connectivity index (χ2n) is 6.27. The van der Waals surface area contributed by atoms with Gasteiger partial charge in [-0.1, -0.05) is 51.7 Å². The molecular weight excluding hydrogens is 294 g/mol. The summed E-state index contributed by atoms with van der Waals surface area (Å²) in [5, 5.41) is 0. The topological polar surface area (TPSA) is 70.8 Å². The monoisotopic (exact) mass is 327 g/mol. The second kappa shape index (κ2) is 11.6. The van der Waals surface area contributed by atoms with Crippen LogP contribution in [0.25, 0.3) is 0 Å². The van der Waals surface area contributed by atoms with E-state index in [-0.39, 0.29) is 24.7 Å². The van der Waals surface area contributed by atoms with E-state index >= 15 is 0 Å². The first-order valence-electron chi connectivity index (χ1n) is 8.84. The third-order valence-corrected chi connectivity index (χ3v) is 4.27. The van der Waals surface area contributed by atoms with E-state index in [4.69, 9.17) is 19.9 Å². The summed E-state index contributed by atoms with van der Waals surface area (Å²) in [6.45, 7) is 4.72.